The molecule has 116 valence electrons. The molecule has 5 nitrogen and oxygen atoms in total. The van der Waals surface area contributed by atoms with Gasteiger partial charge in [0.15, 0.2) is 11.8 Å². The summed E-state index contributed by atoms with van der Waals surface area (Å²) in [6.07, 6.45) is 0. The first-order valence-electron chi connectivity index (χ1n) is 6.66. The minimum Gasteiger partial charge on any atom is -0.479 e. The Kier molecular flexibility index (Phi) is 4.30. The first-order chi connectivity index (χ1) is 10.3. The Morgan fingerprint density at radius 1 is 1.18 bits per heavy atom. The molecule has 0 fully saturated rings. The number of halogens is 1. The number of aryl methyl sites for hydroxylation is 3. The minimum atomic E-state index is -1.28. The highest BCUT2D eigenvalue weighted by Crippen LogP contribution is 2.19. The third-order valence-corrected chi connectivity index (χ3v) is 3.28. The Bertz CT molecular complexity index is 736. The van der Waals surface area contributed by atoms with Gasteiger partial charge in [-0.15, -0.1) is 0 Å². The Balaban J connectivity index is 2.29. The summed E-state index contributed by atoms with van der Waals surface area (Å²) in [6.45, 7) is 4.92. The van der Waals surface area contributed by atoms with E-state index in [9.17, 15) is 19.1 Å². The number of hydrogen-bond donors (Lipinski definition) is 2. The average Bonchev–Trinajstić information content (AvgIpc) is 2.78. The molecule has 1 unspecified atom stereocenters. The van der Waals surface area contributed by atoms with Gasteiger partial charge in [0.05, 0.1) is 0 Å². The Labute approximate surface area is 126 Å². The normalized spacial score (nSPS) is 12.0. The zero-order valence-electron chi connectivity index (χ0n) is 12.4. The molecular formula is C16H16FNO4. The summed E-state index contributed by atoms with van der Waals surface area (Å²) in [5.41, 5.74) is 1.22. The van der Waals surface area contributed by atoms with Gasteiger partial charge in [-0.05, 0) is 44.0 Å². The first kappa shape index (κ1) is 15.8. The Hall–Kier alpha value is -2.63. The molecule has 0 bridgehead atoms. The average molecular weight is 305 g/mol. The highest BCUT2D eigenvalue weighted by molar-refractivity contribution is 5.95. The maximum atomic E-state index is 13.3. The number of carboxylic acid groups (broad SMARTS) is 1. The molecule has 1 atom stereocenters. The lowest BCUT2D eigenvalue weighted by molar-refractivity contribution is -0.139. The highest BCUT2D eigenvalue weighted by Gasteiger charge is 2.25. The molecule has 0 saturated carbocycles. The molecule has 0 aliphatic rings. The van der Waals surface area contributed by atoms with Gasteiger partial charge in [0.1, 0.15) is 11.6 Å². The van der Waals surface area contributed by atoms with Crippen LogP contribution in [0.4, 0.5) is 4.39 Å². The zero-order valence-corrected chi connectivity index (χ0v) is 12.4. The van der Waals surface area contributed by atoms with Crippen LogP contribution in [-0.4, -0.2) is 17.0 Å². The van der Waals surface area contributed by atoms with Crippen LogP contribution >= 0.6 is 0 Å². The fraction of sp³-hybridized carbons (Fsp3) is 0.250. The van der Waals surface area contributed by atoms with Crippen LogP contribution in [0.5, 0.6) is 0 Å². The summed E-state index contributed by atoms with van der Waals surface area (Å²) in [7, 11) is 0. The summed E-state index contributed by atoms with van der Waals surface area (Å²) in [4.78, 5) is 23.6. The number of carboxylic acids is 1. The van der Waals surface area contributed by atoms with Crippen LogP contribution < -0.4 is 5.32 Å². The van der Waals surface area contributed by atoms with E-state index >= 15 is 0 Å². The summed E-state index contributed by atoms with van der Waals surface area (Å²) < 4.78 is 18.6. The fourth-order valence-electron chi connectivity index (χ4n) is 2.20. The van der Waals surface area contributed by atoms with Gasteiger partial charge < -0.3 is 14.8 Å². The molecule has 22 heavy (non-hydrogen) atoms. The summed E-state index contributed by atoms with van der Waals surface area (Å²) in [5, 5.41) is 11.7. The third-order valence-electron chi connectivity index (χ3n) is 3.28. The van der Waals surface area contributed by atoms with E-state index in [2.05, 4.69) is 5.32 Å². The van der Waals surface area contributed by atoms with E-state index in [0.717, 1.165) is 0 Å². The van der Waals surface area contributed by atoms with Crippen LogP contribution in [-0.2, 0) is 4.79 Å². The summed E-state index contributed by atoms with van der Waals surface area (Å²) in [6, 6.07) is 4.31. The van der Waals surface area contributed by atoms with Crippen LogP contribution in [0, 0.1) is 26.6 Å². The lowest BCUT2D eigenvalue weighted by atomic mass is 10.0. The smallest absolute Gasteiger partial charge is 0.330 e. The fourth-order valence-corrected chi connectivity index (χ4v) is 2.20. The third kappa shape index (κ3) is 3.16. The van der Waals surface area contributed by atoms with Crippen molar-refractivity contribution in [2.45, 2.75) is 26.8 Å². The number of aliphatic carboxylic acids is 1. The Morgan fingerprint density at radius 3 is 2.36 bits per heavy atom. The number of carbonyl (C=O) groups excluding carboxylic acids is 1. The van der Waals surface area contributed by atoms with Crippen molar-refractivity contribution < 1.29 is 23.5 Å². The molecule has 2 N–H and O–H groups in total. The molecule has 0 radical (unpaired) electrons. The van der Waals surface area contributed by atoms with Crippen molar-refractivity contribution in [2.24, 2.45) is 0 Å². The quantitative estimate of drug-likeness (QED) is 0.910. The number of nitrogens with one attached hydrogen (secondary N) is 1. The molecule has 0 spiro atoms. The van der Waals surface area contributed by atoms with E-state index in [1.165, 1.54) is 25.1 Å². The molecule has 0 aliphatic heterocycles. The predicted octanol–water partition coefficient (Wildman–Crippen LogP) is 2.90. The predicted molar refractivity (Wildman–Crippen MR) is 77.2 cm³/mol. The molecule has 6 heteroatoms. The van der Waals surface area contributed by atoms with Gasteiger partial charge in [0, 0.05) is 5.56 Å². The maximum Gasteiger partial charge on any atom is 0.330 e. The van der Waals surface area contributed by atoms with Crippen LogP contribution in [0.1, 0.15) is 39.0 Å². The van der Waals surface area contributed by atoms with Crippen molar-refractivity contribution in [3.8, 4) is 0 Å². The number of carbonyl (C=O) groups is 2. The van der Waals surface area contributed by atoms with E-state index in [1.54, 1.807) is 19.9 Å². The van der Waals surface area contributed by atoms with Gasteiger partial charge in [-0.3, -0.25) is 4.79 Å². The minimum absolute atomic E-state index is 0.0718. The molecular weight excluding hydrogens is 289 g/mol. The van der Waals surface area contributed by atoms with Gasteiger partial charge in [-0.1, -0.05) is 12.1 Å². The maximum absolute atomic E-state index is 13.3. The van der Waals surface area contributed by atoms with Gasteiger partial charge in [0.25, 0.3) is 5.91 Å². The van der Waals surface area contributed by atoms with Crippen molar-refractivity contribution in [3.63, 3.8) is 0 Å². The van der Waals surface area contributed by atoms with Crippen molar-refractivity contribution in [2.75, 3.05) is 0 Å². The second-order valence-corrected chi connectivity index (χ2v) is 5.12. The molecule has 2 aromatic rings. The van der Waals surface area contributed by atoms with Gasteiger partial charge in [-0.2, -0.15) is 0 Å². The molecule has 1 aromatic carbocycles. The first-order valence-corrected chi connectivity index (χ1v) is 6.66. The highest BCUT2D eigenvalue weighted by atomic mass is 19.1. The van der Waals surface area contributed by atoms with Crippen molar-refractivity contribution >= 4 is 11.9 Å². The second-order valence-electron chi connectivity index (χ2n) is 5.12. The van der Waals surface area contributed by atoms with Crippen LogP contribution in [0.15, 0.2) is 28.7 Å². The van der Waals surface area contributed by atoms with Gasteiger partial charge in [-0.25, -0.2) is 9.18 Å². The molecule has 1 amide bonds. The lowest BCUT2D eigenvalue weighted by Crippen LogP contribution is -2.34. The zero-order chi connectivity index (χ0) is 16.4. The SMILES string of the molecule is Cc1cc(C)c(C(=O)NC(C(=O)O)c2ccc(F)c(C)c2)o1. The number of benzene rings is 1. The Morgan fingerprint density at radius 2 is 1.86 bits per heavy atom. The van der Waals surface area contributed by atoms with Gasteiger partial charge >= 0.3 is 5.97 Å². The number of furan rings is 1. The van der Waals surface area contributed by atoms with E-state index in [4.69, 9.17) is 4.42 Å². The van der Waals surface area contributed by atoms with Crippen LogP contribution in [0.2, 0.25) is 0 Å². The van der Waals surface area contributed by atoms with Crippen LogP contribution in [0.3, 0.4) is 0 Å². The second kappa shape index (κ2) is 6.01. The van der Waals surface area contributed by atoms with Crippen LogP contribution in [0.25, 0.3) is 0 Å². The van der Waals surface area contributed by atoms with Crippen molar-refractivity contribution in [3.05, 3.63) is 58.3 Å². The van der Waals surface area contributed by atoms with Crippen molar-refractivity contribution in [1.29, 1.82) is 0 Å². The van der Waals surface area contributed by atoms with E-state index in [-0.39, 0.29) is 5.76 Å². The number of hydrogen-bond acceptors (Lipinski definition) is 3. The molecule has 2 rings (SSSR count). The van der Waals surface area contributed by atoms with E-state index < -0.39 is 23.7 Å². The van der Waals surface area contributed by atoms with E-state index in [0.29, 0.717) is 22.5 Å². The topological polar surface area (TPSA) is 79.5 Å². The molecule has 1 aromatic heterocycles. The lowest BCUT2D eigenvalue weighted by Gasteiger charge is -2.15. The largest absolute Gasteiger partial charge is 0.479 e. The molecule has 0 saturated heterocycles. The standard InChI is InChI=1S/C16H16FNO4/c1-8-7-11(4-5-12(8)17)13(16(20)21)18-15(19)14-9(2)6-10(3)22-14/h4-7,13H,1-3H3,(H,18,19)(H,20,21). The van der Waals surface area contributed by atoms with E-state index in [1.807, 2.05) is 0 Å². The summed E-state index contributed by atoms with van der Waals surface area (Å²) in [5.74, 6) is -1.66. The summed E-state index contributed by atoms with van der Waals surface area (Å²) >= 11 is 0. The monoisotopic (exact) mass is 305 g/mol. The molecule has 1 heterocycles. The molecule has 0 aliphatic carbocycles. The van der Waals surface area contributed by atoms with Crippen molar-refractivity contribution in [1.82, 2.24) is 5.32 Å². The number of rotatable bonds is 4. The number of amides is 1. The van der Waals surface area contributed by atoms with Gasteiger partial charge in [0.2, 0.25) is 0 Å².